The number of hydrogen-bond acceptors (Lipinski definition) is 1. The Morgan fingerprint density at radius 2 is 2.00 bits per heavy atom. The minimum absolute atomic E-state index is 0.282. The fourth-order valence-corrected chi connectivity index (χ4v) is 2.69. The Hall–Kier alpha value is -0.830. The summed E-state index contributed by atoms with van der Waals surface area (Å²) in [6.45, 7) is 0.849. The SMILES string of the molecule is O=C1CCCc2ccccc2N1CCCCBr. The predicted octanol–water partition coefficient (Wildman–Crippen LogP) is 3.53. The zero-order valence-electron chi connectivity index (χ0n) is 9.99. The summed E-state index contributed by atoms with van der Waals surface area (Å²) in [6, 6.07) is 8.30. The highest BCUT2D eigenvalue weighted by Gasteiger charge is 2.20. The van der Waals surface area contributed by atoms with Crippen LogP contribution in [0.2, 0.25) is 0 Å². The van der Waals surface area contributed by atoms with Gasteiger partial charge in [-0.05, 0) is 37.3 Å². The Morgan fingerprint density at radius 3 is 2.82 bits per heavy atom. The van der Waals surface area contributed by atoms with Crippen LogP contribution in [0.4, 0.5) is 5.69 Å². The molecule has 0 atom stereocenters. The quantitative estimate of drug-likeness (QED) is 0.615. The van der Waals surface area contributed by atoms with Crippen molar-refractivity contribution in [3.63, 3.8) is 0 Å². The molecule has 0 saturated heterocycles. The van der Waals surface area contributed by atoms with Gasteiger partial charge < -0.3 is 4.90 Å². The minimum Gasteiger partial charge on any atom is -0.312 e. The van der Waals surface area contributed by atoms with Crippen molar-refractivity contribution in [1.82, 2.24) is 0 Å². The standard InChI is InChI=1S/C14H18BrNO/c15-10-3-4-11-16-13-8-2-1-6-12(13)7-5-9-14(16)17/h1-2,6,8H,3-5,7,9-11H2. The fourth-order valence-electron chi connectivity index (χ4n) is 2.29. The number of aryl methyl sites for hydroxylation is 1. The Morgan fingerprint density at radius 1 is 1.18 bits per heavy atom. The largest absolute Gasteiger partial charge is 0.312 e. The van der Waals surface area contributed by atoms with Crippen LogP contribution >= 0.6 is 15.9 Å². The van der Waals surface area contributed by atoms with Crippen LogP contribution in [0.1, 0.15) is 31.2 Å². The summed E-state index contributed by atoms with van der Waals surface area (Å²) in [5.41, 5.74) is 2.45. The van der Waals surface area contributed by atoms with Crippen LogP contribution < -0.4 is 4.90 Å². The van der Waals surface area contributed by atoms with Gasteiger partial charge in [0.2, 0.25) is 5.91 Å². The second-order valence-electron chi connectivity index (χ2n) is 4.42. The van der Waals surface area contributed by atoms with E-state index in [0.717, 1.165) is 43.2 Å². The highest BCUT2D eigenvalue weighted by molar-refractivity contribution is 9.09. The van der Waals surface area contributed by atoms with E-state index in [1.165, 1.54) is 5.56 Å². The number of halogens is 1. The second-order valence-corrected chi connectivity index (χ2v) is 5.22. The first-order chi connectivity index (χ1) is 8.33. The summed E-state index contributed by atoms with van der Waals surface area (Å²) < 4.78 is 0. The Labute approximate surface area is 111 Å². The monoisotopic (exact) mass is 295 g/mol. The first-order valence-corrected chi connectivity index (χ1v) is 7.39. The summed E-state index contributed by atoms with van der Waals surface area (Å²) in [4.78, 5) is 14.1. The molecule has 0 spiro atoms. The number of hydrogen-bond donors (Lipinski definition) is 0. The maximum absolute atomic E-state index is 12.1. The van der Waals surface area contributed by atoms with Crippen LogP contribution in [-0.4, -0.2) is 17.8 Å². The van der Waals surface area contributed by atoms with E-state index in [9.17, 15) is 4.79 Å². The number of para-hydroxylation sites is 1. The number of alkyl halides is 1. The van der Waals surface area contributed by atoms with Gasteiger partial charge in [-0.15, -0.1) is 0 Å². The molecule has 1 aliphatic heterocycles. The molecule has 1 aliphatic rings. The van der Waals surface area contributed by atoms with E-state index in [4.69, 9.17) is 0 Å². The van der Waals surface area contributed by atoms with Gasteiger partial charge in [-0.1, -0.05) is 34.1 Å². The number of benzene rings is 1. The van der Waals surface area contributed by atoms with Crippen molar-refractivity contribution in [2.75, 3.05) is 16.8 Å². The molecule has 0 aliphatic carbocycles. The molecule has 1 heterocycles. The van der Waals surface area contributed by atoms with Gasteiger partial charge in [0.1, 0.15) is 0 Å². The summed E-state index contributed by atoms with van der Waals surface area (Å²) in [6.07, 6.45) is 4.86. The Balaban J connectivity index is 2.18. The molecule has 2 nitrogen and oxygen atoms in total. The average molecular weight is 296 g/mol. The number of carbonyl (C=O) groups excluding carboxylic acids is 1. The first kappa shape index (κ1) is 12.6. The molecular formula is C14H18BrNO. The Kier molecular flexibility index (Phi) is 4.60. The molecule has 0 N–H and O–H groups in total. The lowest BCUT2D eigenvalue weighted by atomic mass is 10.1. The molecule has 17 heavy (non-hydrogen) atoms. The van der Waals surface area contributed by atoms with Crippen molar-refractivity contribution in [2.24, 2.45) is 0 Å². The zero-order valence-corrected chi connectivity index (χ0v) is 11.6. The molecule has 2 rings (SSSR count). The van der Waals surface area contributed by atoms with Gasteiger partial charge >= 0.3 is 0 Å². The maximum atomic E-state index is 12.1. The smallest absolute Gasteiger partial charge is 0.226 e. The molecule has 3 heteroatoms. The summed E-state index contributed by atoms with van der Waals surface area (Å²) in [5.74, 6) is 0.282. The molecule has 1 aromatic carbocycles. The second kappa shape index (κ2) is 6.20. The van der Waals surface area contributed by atoms with Crippen molar-refractivity contribution in [3.05, 3.63) is 29.8 Å². The van der Waals surface area contributed by atoms with Crippen molar-refractivity contribution in [1.29, 1.82) is 0 Å². The van der Waals surface area contributed by atoms with E-state index in [2.05, 4.69) is 34.1 Å². The van der Waals surface area contributed by atoms with E-state index in [0.29, 0.717) is 6.42 Å². The maximum Gasteiger partial charge on any atom is 0.226 e. The van der Waals surface area contributed by atoms with Gasteiger partial charge in [0.05, 0.1) is 0 Å². The molecular weight excluding hydrogens is 278 g/mol. The minimum atomic E-state index is 0.282. The van der Waals surface area contributed by atoms with E-state index in [1.54, 1.807) is 0 Å². The molecule has 0 radical (unpaired) electrons. The normalized spacial score (nSPS) is 15.6. The number of nitrogens with zero attached hydrogens (tertiary/aromatic N) is 1. The van der Waals surface area contributed by atoms with Crippen LogP contribution in [0.25, 0.3) is 0 Å². The number of rotatable bonds is 4. The number of anilines is 1. The van der Waals surface area contributed by atoms with Gasteiger partial charge in [-0.2, -0.15) is 0 Å². The number of amides is 1. The van der Waals surface area contributed by atoms with Gasteiger partial charge in [-0.3, -0.25) is 4.79 Å². The summed E-state index contributed by atoms with van der Waals surface area (Å²) in [5, 5.41) is 1.01. The molecule has 0 saturated carbocycles. The molecule has 0 fully saturated rings. The van der Waals surface area contributed by atoms with Crippen molar-refractivity contribution in [2.45, 2.75) is 32.1 Å². The third-order valence-corrected chi connectivity index (χ3v) is 3.75. The van der Waals surface area contributed by atoms with Crippen LogP contribution in [-0.2, 0) is 11.2 Å². The lowest BCUT2D eigenvalue weighted by Crippen LogP contribution is -2.31. The molecule has 1 amide bonds. The summed E-state index contributed by atoms with van der Waals surface area (Å²) >= 11 is 3.43. The fraction of sp³-hybridized carbons (Fsp3) is 0.500. The molecule has 1 aromatic rings. The van der Waals surface area contributed by atoms with Crippen molar-refractivity contribution < 1.29 is 4.79 Å². The molecule has 0 unspecified atom stereocenters. The van der Waals surface area contributed by atoms with Crippen molar-refractivity contribution >= 4 is 27.5 Å². The van der Waals surface area contributed by atoms with Gasteiger partial charge in [0.15, 0.2) is 0 Å². The highest BCUT2D eigenvalue weighted by Crippen LogP contribution is 2.26. The van der Waals surface area contributed by atoms with Crippen LogP contribution in [0.3, 0.4) is 0 Å². The predicted molar refractivity (Wildman–Crippen MR) is 74.8 cm³/mol. The first-order valence-electron chi connectivity index (χ1n) is 6.27. The third kappa shape index (κ3) is 3.09. The third-order valence-electron chi connectivity index (χ3n) is 3.19. The Bertz CT molecular complexity index is 392. The highest BCUT2D eigenvalue weighted by atomic mass is 79.9. The topological polar surface area (TPSA) is 20.3 Å². The van der Waals surface area contributed by atoms with E-state index < -0.39 is 0 Å². The number of carbonyl (C=O) groups is 1. The molecule has 0 bridgehead atoms. The van der Waals surface area contributed by atoms with E-state index >= 15 is 0 Å². The molecule has 92 valence electrons. The lowest BCUT2D eigenvalue weighted by molar-refractivity contribution is -0.118. The van der Waals surface area contributed by atoms with Crippen LogP contribution in [0.15, 0.2) is 24.3 Å². The molecule has 0 aromatic heterocycles. The van der Waals surface area contributed by atoms with Gasteiger partial charge in [0.25, 0.3) is 0 Å². The lowest BCUT2D eigenvalue weighted by Gasteiger charge is -2.22. The van der Waals surface area contributed by atoms with E-state index in [1.807, 2.05) is 11.0 Å². The average Bonchev–Trinajstić information content (AvgIpc) is 2.50. The van der Waals surface area contributed by atoms with Crippen molar-refractivity contribution in [3.8, 4) is 0 Å². The zero-order chi connectivity index (χ0) is 12.1. The van der Waals surface area contributed by atoms with E-state index in [-0.39, 0.29) is 5.91 Å². The number of unbranched alkanes of at least 4 members (excludes halogenated alkanes) is 1. The van der Waals surface area contributed by atoms with Gasteiger partial charge in [0, 0.05) is 24.0 Å². The van der Waals surface area contributed by atoms with Gasteiger partial charge in [-0.25, -0.2) is 0 Å². The van der Waals surface area contributed by atoms with Crippen LogP contribution in [0.5, 0.6) is 0 Å². The van der Waals surface area contributed by atoms with Crippen LogP contribution in [0, 0.1) is 0 Å². The summed E-state index contributed by atoms with van der Waals surface area (Å²) in [7, 11) is 0. The number of fused-ring (bicyclic) bond motifs is 1.